The number of methoxy groups -OCH3 is 1. The van der Waals surface area contributed by atoms with Gasteiger partial charge in [0.1, 0.15) is 0 Å². The highest BCUT2D eigenvalue weighted by molar-refractivity contribution is 8.18. The van der Waals surface area contributed by atoms with Crippen molar-refractivity contribution in [3.8, 4) is 11.5 Å². The fraction of sp³-hybridized carbons (Fsp3) is 0.207. The van der Waals surface area contributed by atoms with Crippen LogP contribution in [0.1, 0.15) is 36.5 Å². The lowest BCUT2D eigenvalue weighted by Gasteiger charge is -2.15. The molecule has 0 aliphatic carbocycles. The number of ether oxygens (including phenoxy) is 2. The number of imide groups is 1. The molecule has 10 nitrogen and oxygen atoms in total. The van der Waals surface area contributed by atoms with E-state index in [0.717, 1.165) is 27.9 Å². The smallest absolute Gasteiger partial charge is 0.293 e. The molecule has 1 aliphatic heterocycles. The fourth-order valence-electron chi connectivity index (χ4n) is 4.12. The molecule has 0 unspecified atom stereocenters. The van der Waals surface area contributed by atoms with Crippen LogP contribution >= 0.6 is 11.8 Å². The van der Waals surface area contributed by atoms with Crippen LogP contribution in [0.3, 0.4) is 0 Å². The van der Waals surface area contributed by atoms with Crippen molar-refractivity contribution in [3.63, 3.8) is 0 Å². The highest BCUT2D eigenvalue weighted by Gasteiger charge is 2.36. The molecule has 0 saturated carbocycles. The van der Waals surface area contributed by atoms with E-state index >= 15 is 0 Å². The van der Waals surface area contributed by atoms with E-state index < -0.39 is 16.1 Å². The van der Waals surface area contributed by atoms with Crippen molar-refractivity contribution in [1.29, 1.82) is 0 Å². The summed E-state index contributed by atoms with van der Waals surface area (Å²) >= 11 is 0.750. The molecule has 1 saturated heterocycles. The van der Waals surface area contributed by atoms with Crippen LogP contribution in [0, 0.1) is 10.1 Å². The number of rotatable bonds is 10. The van der Waals surface area contributed by atoms with Crippen molar-refractivity contribution in [3.05, 3.63) is 98.4 Å². The maximum atomic E-state index is 13.0. The monoisotopic (exact) mass is 561 g/mol. The molecule has 1 heterocycles. The van der Waals surface area contributed by atoms with E-state index in [0.29, 0.717) is 17.1 Å². The minimum absolute atomic E-state index is 0.163. The van der Waals surface area contributed by atoms with Gasteiger partial charge in [0, 0.05) is 17.3 Å². The third-order valence-electron chi connectivity index (χ3n) is 6.09. The Hall–Kier alpha value is -4.64. The molecule has 206 valence electrons. The first kappa shape index (κ1) is 28.4. The Labute approximate surface area is 235 Å². The van der Waals surface area contributed by atoms with Gasteiger partial charge < -0.3 is 14.8 Å². The number of nitro groups is 1. The molecule has 0 bridgehead atoms. The van der Waals surface area contributed by atoms with Crippen LogP contribution in [0.2, 0.25) is 0 Å². The molecule has 4 rings (SSSR count). The zero-order valence-corrected chi connectivity index (χ0v) is 22.9. The number of nitrogens with one attached hydrogen (secondary N) is 1. The summed E-state index contributed by atoms with van der Waals surface area (Å²) in [4.78, 5) is 50.0. The number of hydrogen-bond acceptors (Lipinski definition) is 8. The third kappa shape index (κ3) is 6.49. The van der Waals surface area contributed by atoms with Gasteiger partial charge in [-0.2, -0.15) is 0 Å². The van der Waals surface area contributed by atoms with Gasteiger partial charge in [0.25, 0.3) is 22.7 Å². The summed E-state index contributed by atoms with van der Waals surface area (Å²) in [6.45, 7) is 3.64. The average Bonchev–Trinajstić information content (AvgIpc) is 3.19. The van der Waals surface area contributed by atoms with Crippen LogP contribution < -0.4 is 14.8 Å². The van der Waals surface area contributed by atoms with Crippen LogP contribution in [0.4, 0.5) is 16.2 Å². The third-order valence-corrected chi connectivity index (χ3v) is 7.00. The van der Waals surface area contributed by atoms with Crippen molar-refractivity contribution in [2.75, 3.05) is 19.0 Å². The second kappa shape index (κ2) is 12.5. The maximum Gasteiger partial charge on any atom is 0.293 e. The van der Waals surface area contributed by atoms with Crippen molar-refractivity contribution >= 4 is 46.3 Å². The molecule has 3 aromatic rings. The molecule has 1 aliphatic rings. The number of carbonyl (C=O) groups excluding carboxylic acids is 3. The summed E-state index contributed by atoms with van der Waals surface area (Å²) < 4.78 is 11.1. The summed E-state index contributed by atoms with van der Waals surface area (Å²) in [7, 11) is 1.45. The molecule has 0 aromatic heterocycles. The molecule has 40 heavy (non-hydrogen) atoms. The largest absolute Gasteiger partial charge is 0.493 e. The van der Waals surface area contributed by atoms with Crippen LogP contribution in [0.15, 0.2) is 71.6 Å². The molecule has 1 N–H and O–H groups in total. The first-order chi connectivity index (χ1) is 19.2. The van der Waals surface area contributed by atoms with Crippen molar-refractivity contribution < 1.29 is 28.8 Å². The van der Waals surface area contributed by atoms with E-state index in [1.54, 1.807) is 24.3 Å². The van der Waals surface area contributed by atoms with Crippen LogP contribution in [0.25, 0.3) is 6.08 Å². The molecule has 3 aromatic carbocycles. The normalized spacial score (nSPS) is 14.1. The Kier molecular flexibility index (Phi) is 8.85. The molecular weight excluding hydrogens is 534 g/mol. The van der Waals surface area contributed by atoms with Crippen molar-refractivity contribution in [2.45, 2.75) is 26.3 Å². The number of para-hydroxylation sites is 2. The number of nitrogens with zero attached hydrogens (tertiary/aromatic N) is 2. The van der Waals surface area contributed by atoms with E-state index in [1.807, 2.05) is 38.1 Å². The van der Waals surface area contributed by atoms with Crippen LogP contribution in [-0.2, 0) is 16.1 Å². The number of nitro benzene ring substituents is 1. The van der Waals surface area contributed by atoms with Gasteiger partial charge in [-0.05, 0) is 53.1 Å². The molecule has 0 atom stereocenters. The lowest BCUT2D eigenvalue weighted by Crippen LogP contribution is -2.27. The Balaban J connectivity index is 1.44. The quantitative estimate of drug-likeness (QED) is 0.182. The number of thioether (sulfide) groups is 1. The summed E-state index contributed by atoms with van der Waals surface area (Å²) in [6, 6.07) is 18.4. The van der Waals surface area contributed by atoms with Gasteiger partial charge in [0.05, 0.1) is 23.5 Å². The molecule has 11 heteroatoms. The second-order valence-electron chi connectivity index (χ2n) is 9.14. The number of anilines is 1. The van der Waals surface area contributed by atoms with E-state index in [2.05, 4.69) is 5.32 Å². The van der Waals surface area contributed by atoms with E-state index in [1.165, 1.54) is 31.4 Å². The molecule has 0 spiro atoms. The Morgan fingerprint density at radius 3 is 2.52 bits per heavy atom. The van der Waals surface area contributed by atoms with Crippen LogP contribution in [0.5, 0.6) is 11.5 Å². The zero-order chi connectivity index (χ0) is 28.8. The Morgan fingerprint density at radius 1 is 1.07 bits per heavy atom. The van der Waals surface area contributed by atoms with Gasteiger partial charge in [-0.15, -0.1) is 0 Å². The molecule has 1 fully saturated rings. The minimum atomic E-state index is -0.550. The first-order valence-electron chi connectivity index (χ1n) is 12.3. The predicted octanol–water partition coefficient (Wildman–Crippen LogP) is 5.98. The Bertz CT molecular complexity index is 1500. The fourth-order valence-corrected chi connectivity index (χ4v) is 4.96. The SMILES string of the molecule is COc1cc(/C=C2\SC(=O)N(Cc3ccccc3[N+](=O)[O-])C2=O)ccc1OCC(=O)Nc1ccccc1C(C)C. The van der Waals surface area contributed by atoms with E-state index in [4.69, 9.17) is 9.47 Å². The number of hydrogen-bond donors (Lipinski definition) is 1. The summed E-state index contributed by atoms with van der Waals surface area (Å²) in [6.07, 6.45) is 1.53. The first-order valence-corrected chi connectivity index (χ1v) is 13.2. The van der Waals surface area contributed by atoms with E-state index in [9.17, 15) is 24.5 Å². The van der Waals surface area contributed by atoms with Crippen LogP contribution in [-0.4, -0.2) is 40.6 Å². The lowest BCUT2D eigenvalue weighted by atomic mass is 10.0. The zero-order valence-electron chi connectivity index (χ0n) is 22.1. The highest BCUT2D eigenvalue weighted by atomic mass is 32.2. The Morgan fingerprint density at radius 2 is 1.80 bits per heavy atom. The molecule has 3 amide bonds. The summed E-state index contributed by atoms with van der Waals surface area (Å²) in [5, 5.41) is 13.7. The average molecular weight is 562 g/mol. The summed E-state index contributed by atoms with van der Waals surface area (Å²) in [5.41, 5.74) is 2.41. The summed E-state index contributed by atoms with van der Waals surface area (Å²) in [5.74, 6) is 0.0281. The lowest BCUT2D eigenvalue weighted by molar-refractivity contribution is -0.385. The van der Waals surface area contributed by atoms with Crippen molar-refractivity contribution in [2.24, 2.45) is 0 Å². The van der Waals surface area contributed by atoms with Gasteiger partial charge in [0.2, 0.25) is 0 Å². The van der Waals surface area contributed by atoms with Gasteiger partial charge in [-0.25, -0.2) is 0 Å². The number of amides is 3. The highest BCUT2D eigenvalue weighted by Crippen LogP contribution is 2.36. The topological polar surface area (TPSA) is 128 Å². The maximum absolute atomic E-state index is 13.0. The minimum Gasteiger partial charge on any atom is -0.493 e. The predicted molar refractivity (Wildman–Crippen MR) is 152 cm³/mol. The number of benzene rings is 3. The standard InChI is InChI=1S/C29H27N3O7S/c1-18(2)21-9-5-6-10-22(21)30-27(33)17-39-24-13-12-19(14-25(24)38-3)15-26-28(34)31(29(35)40-26)16-20-8-4-7-11-23(20)32(36)37/h4-15,18H,16-17H2,1-3H3,(H,30,33)/b26-15-. The van der Waals surface area contributed by atoms with Gasteiger partial charge in [-0.3, -0.25) is 29.4 Å². The number of carbonyl (C=O) groups is 3. The molecule has 0 radical (unpaired) electrons. The van der Waals surface area contributed by atoms with Gasteiger partial charge in [0.15, 0.2) is 18.1 Å². The second-order valence-corrected chi connectivity index (χ2v) is 10.1. The van der Waals surface area contributed by atoms with Gasteiger partial charge in [-0.1, -0.05) is 56.3 Å². The van der Waals surface area contributed by atoms with Gasteiger partial charge >= 0.3 is 0 Å². The van der Waals surface area contributed by atoms with Crippen molar-refractivity contribution in [1.82, 2.24) is 4.90 Å². The molecular formula is C29H27N3O7S. The van der Waals surface area contributed by atoms with E-state index in [-0.39, 0.29) is 41.1 Å².